The lowest BCUT2D eigenvalue weighted by Gasteiger charge is -2.04. The Morgan fingerprint density at radius 3 is 2.95 bits per heavy atom. The first-order valence-electron chi connectivity index (χ1n) is 6.82. The SMILES string of the molecule is O=C(NCc1nc2ccccc2s1)c1ccc2c(c1)OCO2. The van der Waals surface area contributed by atoms with Crippen molar-refractivity contribution in [1.82, 2.24) is 10.3 Å². The lowest BCUT2D eigenvalue weighted by atomic mass is 10.2. The molecule has 0 aliphatic carbocycles. The van der Waals surface area contributed by atoms with Crippen molar-refractivity contribution < 1.29 is 14.3 Å². The summed E-state index contributed by atoms with van der Waals surface area (Å²) in [6.07, 6.45) is 0. The van der Waals surface area contributed by atoms with Gasteiger partial charge in [-0.25, -0.2) is 4.98 Å². The molecule has 5 nitrogen and oxygen atoms in total. The molecule has 0 saturated heterocycles. The zero-order valence-electron chi connectivity index (χ0n) is 11.5. The number of ether oxygens (including phenoxy) is 2. The fraction of sp³-hybridized carbons (Fsp3) is 0.125. The third-order valence-corrected chi connectivity index (χ3v) is 4.41. The van der Waals surface area contributed by atoms with Crippen LogP contribution in [0.15, 0.2) is 42.5 Å². The van der Waals surface area contributed by atoms with Crippen molar-refractivity contribution in [2.45, 2.75) is 6.54 Å². The number of benzene rings is 2. The van der Waals surface area contributed by atoms with Crippen molar-refractivity contribution >= 4 is 27.5 Å². The molecule has 1 aromatic heterocycles. The first-order chi connectivity index (χ1) is 10.8. The number of para-hydroxylation sites is 1. The fourth-order valence-corrected chi connectivity index (χ4v) is 3.20. The number of carbonyl (C=O) groups excluding carboxylic acids is 1. The van der Waals surface area contributed by atoms with Crippen LogP contribution in [0, 0.1) is 0 Å². The lowest BCUT2D eigenvalue weighted by Crippen LogP contribution is -2.22. The highest BCUT2D eigenvalue weighted by atomic mass is 32.1. The van der Waals surface area contributed by atoms with E-state index in [1.165, 1.54) is 0 Å². The van der Waals surface area contributed by atoms with Gasteiger partial charge in [-0.2, -0.15) is 0 Å². The van der Waals surface area contributed by atoms with Crippen LogP contribution in [0.3, 0.4) is 0 Å². The molecule has 0 spiro atoms. The minimum Gasteiger partial charge on any atom is -0.454 e. The van der Waals surface area contributed by atoms with E-state index in [1.807, 2.05) is 24.3 Å². The Balaban J connectivity index is 1.47. The molecule has 1 aliphatic heterocycles. The van der Waals surface area contributed by atoms with E-state index >= 15 is 0 Å². The molecule has 6 heteroatoms. The predicted octanol–water partition coefficient (Wildman–Crippen LogP) is 2.96. The number of hydrogen-bond donors (Lipinski definition) is 1. The van der Waals surface area contributed by atoms with Gasteiger partial charge in [0.2, 0.25) is 6.79 Å². The number of thiazole rings is 1. The van der Waals surface area contributed by atoms with E-state index in [0.29, 0.717) is 23.6 Å². The summed E-state index contributed by atoms with van der Waals surface area (Å²) in [5.74, 6) is 1.12. The number of nitrogens with zero attached hydrogens (tertiary/aromatic N) is 1. The molecule has 1 aliphatic rings. The number of rotatable bonds is 3. The smallest absolute Gasteiger partial charge is 0.251 e. The third-order valence-electron chi connectivity index (χ3n) is 3.37. The Hall–Kier alpha value is -2.60. The molecule has 0 radical (unpaired) electrons. The van der Waals surface area contributed by atoms with Crippen LogP contribution in [-0.2, 0) is 6.54 Å². The second kappa shape index (κ2) is 5.31. The molecular formula is C16H12N2O3S. The normalized spacial score (nSPS) is 12.5. The van der Waals surface area contributed by atoms with E-state index in [0.717, 1.165) is 15.2 Å². The van der Waals surface area contributed by atoms with Crippen LogP contribution >= 0.6 is 11.3 Å². The Bertz CT molecular complexity index is 826. The Labute approximate surface area is 130 Å². The van der Waals surface area contributed by atoms with E-state index < -0.39 is 0 Å². The number of fused-ring (bicyclic) bond motifs is 2. The summed E-state index contributed by atoms with van der Waals surface area (Å²) in [7, 11) is 0. The fourth-order valence-electron chi connectivity index (χ4n) is 2.29. The maximum Gasteiger partial charge on any atom is 0.251 e. The van der Waals surface area contributed by atoms with Crippen LogP contribution in [0.1, 0.15) is 15.4 Å². The second-order valence-corrected chi connectivity index (χ2v) is 5.94. The second-order valence-electron chi connectivity index (χ2n) is 4.83. The topological polar surface area (TPSA) is 60.5 Å². The summed E-state index contributed by atoms with van der Waals surface area (Å²) in [4.78, 5) is 16.7. The predicted molar refractivity (Wildman–Crippen MR) is 83.4 cm³/mol. The van der Waals surface area contributed by atoms with Gasteiger partial charge >= 0.3 is 0 Å². The summed E-state index contributed by atoms with van der Waals surface area (Å²) in [5, 5.41) is 3.76. The Kier molecular flexibility index (Phi) is 3.16. The van der Waals surface area contributed by atoms with Gasteiger partial charge in [-0.05, 0) is 30.3 Å². The highest BCUT2D eigenvalue weighted by Crippen LogP contribution is 2.32. The van der Waals surface area contributed by atoms with Gasteiger partial charge in [0.05, 0.1) is 16.8 Å². The van der Waals surface area contributed by atoms with E-state index in [1.54, 1.807) is 29.5 Å². The third kappa shape index (κ3) is 2.37. The molecule has 22 heavy (non-hydrogen) atoms. The van der Waals surface area contributed by atoms with Crippen molar-refractivity contribution in [3.8, 4) is 11.5 Å². The maximum atomic E-state index is 12.2. The average Bonchev–Trinajstić information content (AvgIpc) is 3.17. The Morgan fingerprint density at radius 2 is 2.05 bits per heavy atom. The largest absolute Gasteiger partial charge is 0.454 e. The van der Waals surface area contributed by atoms with Gasteiger partial charge < -0.3 is 14.8 Å². The molecule has 0 saturated carbocycles. The van der Waals surface area contributed by atoms with E-state index in [4.69, 9.17) is 9.47 Å². The molecule has 2 heterocycles. The van der Waals surface area contributed by atoms with Gasteiger partial charge in [0.1, 0.15) is 5.01 Å². The molecule has 1 amide bonds. The molecule has 3 aromatic rings. The van der Waals surface area contributed by atoms with Gasteiger partial charge in [-0.15, -0.1) is 11.3 Å². The van der Waals surface area contributed by atoms with Crippen LogP contribution in [0.2, 0.25) is 0 Å². The van der Waals surface area contributed by atoms with E-state index in [9.17, 15) is 4.79 Å². The number of aromatic nitrogens is 1. The minimum absolute atomic E-state index is 0.155. The van der Waals surface area contributed by atoms with Gasteiger partial charge in [0, 0.05) is 5.56 Å². The average molecular weight is 312 g/mol. The van der Waals surface area contributed by atoms with Crippen LogP contribution in [0.4, 0.5) is 0 Å². The summed E-state index contributed by atoms with van der Waals surface area (Å²) in [6, 6.07) is 13.1. The van der Waals surface area contributed by atoms with E-state index in [2.05, 4.69) is 10.3 Å². The van der Waals surface area contributed by atoms with Crippen LogP contribution in [0.5, 0.6) is 11.5 Å². The molecule has 110 valence electrons. The van der Waals surface area contributed by atoms with Gasteiger partial charge in [-0.3, -0.25) is 4.79 Å². The summed E-state index contributed by atoms with van der Waals surface area (Å²) in [5.41, 5.74) is 1.50. The number of nitrogens with one attached hydrogen (secondary N) is 1. The standard InChI is InChI=1S/C16H12N2O3S/c19-16(10-5-6-12-13(7-10)21-9-20-12)17-8-15-18-11-3-1-2-4-14(11)22-15/h1-7H,8-9H2,(H,17,19). The zero-order chi connectivity index (χ0) is 14.9. The van der Waals surface area contributed by atoms with Gasteiger partial charge in [0.25, 0.3) is 5.91 Å². The van der Waals surface area contributed by atoms with Crippen LogP contribution in [0.25, 0.3) is 10.2 Å². The summed E-state index contributed by atoms with van der Waals surface area (Å²) >= 11 is 1.58. The molecule has 4 rings (SSSR count). The molecular weight excluding hydrogens is 300 g/mol. The van der Waals surface area contributed by atoms with E-state index in [-0.39, 0.29) is 12.7 Å². The van der Waals surface area contributed by atoms with Crippen molar-refractivity contribution in [1.29, 1.82) is 0 Å². The molecule has 1 N–H and O–H groups in total. The van der Waals surface area contributed by atoms with Crippen LogP contribution < -0.4 is 14.8 Å². The number of amides is 1. The Morgan fingerprint density at radius 1 is 1.18 bits per heavy atom. The first-order valence-corrected chi connectivity index (χ1v) is 7.63. The van der Waals surface area contributed by atoms with Gasteiger partial charge in [0.15, 0.2) is 11.5 Å². The summed E-state index contributed by atoms with van der Waals surface area (Å²) in [6.45, 7) is 0.610. The molecule has 2 aromatic carbocycles. The monoisotopic (exact) mass is 312 g/mol. The zero-order valence-corrected chi connectivity index (χ0v) is 12.4. The van der Waals surface area contributed by atoms with Crippen molar-refractivity contribution in [2.24, 2.45) is 0 Å². The van der Waals surface area contributed by atoms with Crippen LogP contribution in [-0.4, -0.2) is 17.7 Å². The number of carbonyl (C=O) groups is 1. The lowest BCUT2D eigenvalue weighted by molar-refractivity contribution is 0.0950. The molecule has 0 fully saturated rings. The quantitative estimate of drug-likeness (QED) is 0.808. The van der Waals surface area contributed by atoms with Crippen molar-refractivity contribution in [2.75, 3.05) is 6.79 Å². The molecule has 0 atom stereocenters. The maximum absolute atomic E-state index is 12.2. The number of hydrogen-bond acceptors (Lipinski definition) is 5. The highest BCUT2D eigenvalue weighted by molar-refractivity contribution is 7.18. The molecule has 0 bridgehead atoms. The molecule has 0 unspecified atom stereocenters. The first kappa shape index (κ1) is 13.1. The van der Waals surface area contributed by atoms with Crippen molar-refractivity contribution in [3.05, 3.63) is 53.0 Å². The highest BCUT2D eigenvalue weighted by Gasteiger charge is 2.16. The van der Waals surface area contributed by atoms with Gasteiger partial charge in [-0.1, -0.05) is 12.1 Å². The summed E-state index contributed by atoms with van der Waals surface area (Å²) < 4.78 is 11.6. The van der Waals surface area contributed by atoms with Crippen molar-refractivity contribution in [3.63, 3.8) is 0 Å². The minimum atomic E-state index is -0.155.